The van der Waals surface area contributed by atoms with Gasteiger partial charge in [-0.15, -0.1) is 0 Å². The molecule has 0 spiro atoms. The van der Waals surface area contributed by atoms with Crippen molar-refractivity contribution in [1.82, 2.24) is 0 Å². The van der Waals surface area contributed by atoms with Crippen LogP contribution in [-0.2, 0) is 0 Å². The molecule has 0 amide bonds. The molecule has 0 aromatic heterocycles. The van der Waals surface area contributed by atoms with E-state index in [9.17, 15) is 0 Å². The largest absolute Gasteiger partial charge is 0.394 e. The Hall–Kier alpha value is 0.270. The predicted molar refractivity (Wildman–Crippen MR) is 32.0 cm³/mol. The van der Waals surface area contributed by atoms with E-state index in [1.165, 1.54) is 0 Å². The molecule has 0 aliphatic carbocycles. The van der Waals surface area contributed by atoms with Crippen molar-refractivity contribution in [2.45, 2.75) is 6.92 Å². The summed E-state index contributed by atoms with van der Waals surface area (Å²) in [5.41, 5.74) is 5.14. The monoisotopic (exact) mass is 183 g/mol. The smallest absolute Gasteiger partial charge is 0.0662 e. The van der Waals surface area contributed by atoms with Crippen molar-refractivity contribution in [3.63, 3.8) is 0 Å². The Bertz CT molecular complexity index is 44.9. The molecule has 0 rings (SSSR count). The summed E-state index contributed by atoms with van der Waals surface area (Å²) in [7, 11) is 0. The molecule has 1 nitrogen and oxygen atoms in total. The lowest BCUT2D eigenvalue weighted by Crippen LogP contribution is -1.81. The minimum absolute atomic E-state index is 0.850. The maximum atomic E-state index is 5.14. The van der Waals surface area contributed by atoms with Crippen LogP contribution in [0.4, 0.5) is 0 Å². The summed E-state index contributed by atoms with van der Waals surface area (Å²) in [4.78, 5) is 0. The van der Waals surface area contributed by atoms with Gasteiger partial charge in [-0.2, -0.15) is 0 Å². The van der Waals surface area contributed by atoms with Crippen molar-refractivity contribution >= 4 is 22.6 Å². The highest BCUT2D eigenvalue weighted by molar-refractivity contribution is 14.1. The first-order valence-corrected chi connectivity index (χ1v) is 2.42. The molecule has 0 aromatic carbocycles. The number of rotatable bonds is 0. The van der Waals surface area contributed by atoms with Gasteiger partial charge in [0.1, 0.15) is 0 Å². The van der Waals surface area contributed by atoms with Crippen molar-refractivity contribution < 1.29 is 0 Å². The van der Waals surface area contributed by atoms with E-state index in [0.717, 1.165) is 3.70 Å². The predicted octanol–water partition coefficient (Wildman–Crippen LogP) is 1.24. The lowest BCUT2D eigenvalue weighted by molar-refractivity contribution is 1.53. The minimum Gasteiger partial charge on any atom is -0.394 e. The van der Waals surface area contributed by atoms with Crippen LogP contribution in [-0.4, -0.2) is 0 Å². The second-order valence-corrected chi connectivity index (χ2v) is 1.92. The fourth-order valence-electron chi connectivity index (χ4n) is 0. The van der Waals surface area contributed by atoms with E-state index in [-0.39, 0.29) is 0 Å². The average Bonchev–Trinajstić information content (AvgIpc) is 1.38. The van der Waals surface area contributed by atoms with E-state index in [1.807, 2.05) is 35.6 Å². The molecule has 0 aliphatic rings. The van der Waals surface area contributed by atoms with Crippen molar-refractivity contribution in [1.29, 1.82) is 0 Å². The second-order valence-electron chi connectivity index (χ2n) is 0.674. The summed E-state index contributed by atoms with van der Waals surface area (Å²) in [6, 6.07) is 0. The molecule has 0 aliphatic heterocycles. The lowest BCUT2D eigenvalue weighted by atomic mass is 10.7. The van der Waals surface area contributed by atoms with E-state index in [4.69, 9.17) is 5.73 Å². The van der Waals surface area contributed by atoms with Gasteiger partial charge in [0, 0.05) is 0 Å². The van der Waals surface area contributed by atoms with Crippen LogP contribution < -0.4 is 5.73 Å². The van der Waals surface area contributed by atoms with Gasteiger partial charge in [0.25, 0.3) is 0 Å². The molecule has 0 aromatic rings. The molecule has 2 N–H and O–H groups in total. The van der Waals surface area contributed by atoms with Crippen LogP contribution >= 0.6 is 22.6 Å². The molecule has 0 unspecified atom stereocenters. The highest BCUT2D eigenvalue weighted by atomic mass is 127. The van der Waals surface area contributed by atoms with Gasteiger partial charge in [-0.3, -0.25) is 0 Å². The van der Waals surface area contributed by atoms with Crippen LogP contribution in [0.25, 0.3) is 0 Å². The third-order valence-electron chi connectivity index (χ3n) is 0.276. The van der Waals surface area contributed by atoms with E-state index >= 15 is 0 Å². The third kappa shape index (κ3) is 4.27. The highest BCUT2D eigenvalue weighted by Gasteiger charge is 1.63. The average molecular weight is 183 g/mol. The third-order valence-corrected chi connectivity index (χ3v) is 0.899. The molecule has 0 heterocycles. The van der Waals surface area contributed by atoms with E-state index < -0.39 is 0 Å². The maximum Gasteiger partial charge on any atom is 0.0662 e. The molecule has 0 atom stereocenters. The van der Waals surface area contributed by atoms with Crippen LogP contribution in [0.5, 0.6) is 0 Å². The number of nitrogens with two attached hydrogens (primary N) is 1. The fourth-order valence-corrected chi connectivity index (χ4v) is 0. The van der Waals surface area contributed by atoms with Gasteiger partial charge in [-0.25, -0.2) is 0 Å². The number of hydrogen-bond acceptors (Lipinski definition) is 1. The first-order chi connectivity index (χ1) is 2.27. The Balaban J connectivity index is 3.14. The van der Waals surface area contributed by atoms with E-state index in [0.29, 0.717) is 0 Å². The van der Waals surface area contributed by atoms with Gasteiger partial charge in [0.2, 0.25) is 0 Å². The lowest BCUT2D eigenvalue weighted by Gasteiger charge is -1.73. The second kappa shape index (κ2) is 2.50. The summed E-state index contributed by atoms with van der Waals surface area (Å²) >= 11 is 2.05. The Kier molecular flexibility index (Phi) is 2.64. The SMILES string of the molecule is CC=C(N)I. The standard InChI is InChI=1S/C3H6IN/c1-2-3(4)5/h2H,5H2,1H3. The van der Waals surface area contributed by atoms with Crippen LogP contribution in [0.15, 0.2) is 9.78 Å². The van der Waals surface area contributed by atoms with Crippen molar-refractivity contribution in [2.75, 3.05) is 0 Å². The Morgan fingerprint density at radius 1 is 2.00 bits per heavy atom. The van der Waals surface area contributed by atoms with Gasteiger partial charge in [-0.05, 0) is 29.5 Å². The molecular formula is C3H6IN. The van der Waals surface area contributed by atoms with E-state index in [2.05, 4.69) is 0 Å². The Morgan fingerprint density at radius 3 is 2.20 bits per heavy atom. The fraction of sp³-hybridized carbons (Fsp3) is 0.333. The quantitative estimate of drug-likeness (QED) is 0.443. The molecule has 0 saturated carbocycles. The first-order valence-electron chi connectivity index (χ1n) is 1.34. The Labute approximate surface area is 45.4 Å². The van der Waals surface area contributed by atoms with Crippen LogP contribution in [0.1, 0.15) is 6.92 Å². The highest BCUT2D eigenvalue weighted by Crippen LogP contribution is 1.91. The van der Waals surface area contributed by atoms with Crippen molar-refractivity contribution in [3.05, 3.63) is 9.78 Å². The molecule has 0 bridgehead atoms. The van der Waals surface area contributed by atoms with Crippen LogP contribution in [0.3, 0.4) is 0 Å². The molecule has 0 fully saturated rings. The van der Waals surface area contributed by atoms with Gasteiger partial charge in [0.15, 0.2) is 0 Å². The van der Waals surface area contributed by atoms with E-state index in [1.54, 1.807) is 0 Å². The molecule has 2 heteroatoms. The van der Waals surface area contributed by atoms with Gasteiger partial charge < -0.3 is 5.73 Å². The number of halogens is 1. The molecule has 0 saturated heterocycles. The molecule has 30 valence electrons. The first kappa shape index (κ1) is 5.27. The molecule has 5 heavy (non-hydrogen) atoms. The minimum atomic E-state index is 0.850. The van der Waals surface area contributed by atoms with Gasteiger partial charge in [0.05, 0.1) is 3.70 Å². The summed E-state index contributed by atoms with van der Waals surface area (Å²) in [5, 5.41) is 0. The van der Waals surface area contributed by atoms with Crippen LogP contribution in [0, 0.1) is 0 Å². The number of allylic oxidation sites excluding steroid dienone is 1. The van der Waals surface area contributed by atoms with Gasteiger partial charge >= 0.3 is 0 Å². The Morgan fingerprint density at radius 2 is 2.20 bits per heavy atom. The van der Waals surface area contributed by atoms with Crippen LogP contribution in [0.2, 0.25) is 0 Å². The zero-order chi connectivity index (χ0) is 4.28. The topological polar surface area (TPSA) is 26.0 Å². The zero-order valence-corrected chi connectivity index (χ0v) is 5.19. The van der Waals surface area contributed by atoms with Gasteiger partial charge in [-0.1, -0.05) is 6.08 Å². The normalized spacial score (nSPS) is 12.0. The zero-order valence-electron chi connectivity index (χ0n) is 3.03. The van der Waals surface area contributed by atoms with Crippen molar-refractivity contribution in [2.24, 2.45) is 5.73 Å². The van der Waals surface area contributed by atoms with Crippen molar-refractivity contribution in [3.8, 4) is 0 Å². The summed E-state index contributed by atoms with van der Waals surface area (Å²) < 4.78 is 0.850. The molecular weight excluding hydrogens is 177 g/mol. The summed E-state index contributed by atoms with van der Waals surface area (Å²) in [5.74, 6) is 0. The maximum absolute atomic E-state index is 5.14. The summed E-state index contributed by atoms with van der Waals surface area (Å²) in [6.07, 6.45) is 1.85. The molecule has 0 radical (unpaired) electrons. The summed E-state index contributed by atoms with van der Waals surface area (Å²) in [6.45, 7) is 1.90. The number of hydrogen-bond donors (Lipinski definition) is 1.